The number of benzene rings is 1. The van der Waals surface area contributed by atoms with Gasteiger partial charge in [-0.05, 0) is 135 Å². The molecule has 6 heteroatoms. The van der Waals surface area contributed by atoms with Crippen LogP contribution in [-0.4, -0.2) is 12.3 Å². The molecule has 222 valence electrons. The normalized spacial score (nSPS) is 35.8. The number of hydrogen-bond donors (Lipinski definition) is 0. The summed E-state index contributed by atoms with van der Waals surface area (Å²) in [5.41, 5.74) is 2.29. The highest BCUT2D eigenvalue weighted by Crippen LogP contribution is 2.67. The Kier molecular flexibility index (Phi) is 9.60. The maximum atomic E-state index is 12.8. The lowest BCUT2D eigenvalue weighted by atomic mass is 9.47. The molecule has 4 aliphatic carbocycles. The Morgan fingerprint density at radius 2 is 1.70 bits per heavy atom. The summed E-state index contributed by atoms with van der Waals surface area (Å²) in [7, 11) is 0. The van der Waals surface area contributed by atoms with E-state index in [-0.39, 0.29) is 11.5 Å². The lowest BCUT2D eigenvalue weighted by Crippen LogP contribution is -2.51. The Morgan fingerprint density at radius 1 is 0.975 bits per heavy atom. The van der Waals surface area contributed by atoms with Crippen LogP contribution in [0.25, 0.3) is 0 Å². The SMILES string of the molecule is CC(C)CCC[C@@H](C)[C@H]1CC[C@@H]2[C@H]3CC=C4C[C@@H](OC(=O)Oc5c(Br)cc(Br)cc5Br)CC[C@]4(C)[C@@H]3CC[C@@]21C. The van der Waals surface area contributed by atoms with Gasteiger partial charge in [-0.2, -0.15) is 0 Å². The first kappa shape index (κ1) is 31.1. The van der Waals surface area contributed by atoms with Gasteiger partial charge in [-0.25, -0.2) is 4.79 Å². The zero-order chi connectivity index (χ0) is 28.8. The van der Waals surface area contributed by atoms with Crippen molar-refractivity contribution in [1.29, 1.82) is 0 Å². The van der Waals surface area contributed by atoms with Crippen LogP contribution >= 0.6 is 47.8 Å². The first-order valence-corrected chi connectivity index (χ1v) is 18.0. The zero-order valence-corrected chi connectivity index (χ0v) is 29.7. The molecule has 3 fully saturated rings. The molecule has 40 heavy (non-hydrogen) atoms. The molecule has 0 heterocycles. The van der Waals surface area contributed by atoms with E-state index < -0.39 is 6.16 Å². The van der Waals surface area contributed by atoms with Crippen LogP contribution in [0, 0.1) is 46.3 Å². The van der Waals surface area contributed by atoms with Crippen molar-refractivity contribution in [3.05, 3.63) is 37.2 Å². The van der Waals surface area contributed by atoms with Gasteiger partial charge >= 0.3 is 6.16 Å². The predicted molar refractivity (Wildman–Crippen MR) is 173 cm³/mol. The van der Waals surface area contributed by atoms with Crippen LogP contribution in [0.1, 0.15) is 105 Å². The second-order valence-corrected chi connectivity index (χ2v) is 16.9. The highest BCUT2D eigenvalue weighted by molar-refractivity contribution is 9.11. The molecule has 0 saturated heterocycles. The Balaban J connectivity index is 1.23. The van der Waals surface area contributed by atoms with E-state index in [2.05, 4.69) is 88.5 Å². The summed E-state index contributed by atoms with van der Waals surface area (Å²) in [6.45, 7) is 12.5. The van der Waals surface area contributed by atoms with Crippen molar-refractivity contribution in [2.75, 3.05) is 0 Å². The maximum Gasteiger partial charge on any atom is 0.514 e. The maximum absolute atomic E-state index is 12.8. The van der Waals surface area contributed by atoms with Crippen LogP contribution < -0.4 is 4.74 Å². The highest BCUT2D eigenvalue weighted by Gasteiger charge is 2.59. The van der Waals surface area contributed by atoms with E-state index in [0.717, 1.165) is 59.2 Å². The molecular weight excluding hydrogens is 696 g/mol. The summed E-state index contributed by atoms with van der Waals surface area (Å²) < 4.78 is 13.8. The number of hydrogen-bond acceptors (Lipinski definition) is 3. The van der Waals surface area contributed by atoms with Gasteiger partial charge < -0.3 is 9.47 Å². The van der Waals surface area contributed by atoms with Crippen LogP contribution in [0.15, 0.2) is 37.2 Å². The summed E-state index contributed by atoms with van der Waals surface area (Å²) in [5.74, 6) is 5.46. The molecule has 5 rings (SSSR count). The smallest absolute Gasteiger partial charge is 0.430 e. The number of halogens is 3. The summed E-state index contributed by atoms with van der Waals surface area (Å²) in [4.78, 5) is 12.8. The van der Waals surface area contributed by atoms with Crippen molar-refractivity contribution in [1.82, 2.24) is 0 Å². The Labute approximate surface area is 267 Å². The second-order valence-electron chi connectivity index (χ2n) is 14.3. The van der Waals surface area contributed by atoms with Crippen LogP contribution in [0.4, 0.5) is 4.79 Å². The van der Waals surface area contributed by atoms with E-state index in [1.54, 1.807) is 0 Å². The summed E-state index contributed by atoms with van der Waals surface area (Å²) in [6, 6.07) is 3.72. The third-order valence-corrected chi connectivity index (χ3v) is 13.3. The highest BCUT2D eigenvalue weighted by atomic mass is 79.9. The van der Waals surface area contributed by atoms with Gasteiger partial charge in [0, 0.05) is 10.9 Å². The first-order chi connectivity index (χ1) is 18.9. The molecule has 0 bridgehead atoms. The number of ether oxygens (including phenoxy) is 2. The molecule has 0 radical (unpaired) electrons. The average molecular weight is 743 g/mol. The summed E-state index contributed by atoms with van der Waals surface area (Å²) in [6.07, 6.45) is 15.7. The molecule has 0 aromatic heterocycles. The fraction of sp³-hybridized carbons (Fsp3) is 0.735. The molecule has 0 amide bonds. The Morgan fingerprint density at radius 3 is 2.40 bits per heavy atom. The zero-order valence-electron chi connectivity index (χ0n) is 24.9. The van der Waals surface area contributed by atoms with Crippen molar-refractivity contribution < 1.29 is 14.3 Å². The van der Waals surface area contributed by atoms with Crippen LogP contribution in [0.5, 0.6) is 5.75 Å². The van der Waals surface area contributed by atoms with Crippen molar-refractivity contribution in [3.8, 4) is 5.75 Å². The van der Waals surface area contributed by atoms with Gasteiger partial charge in [0.25, 0.3) is 0 Å². The average Bonchev–Trinajstić information content (AvgIpc) is 3.23. The summed E-state index contributed by atoms with van der Waals surface area (Å²) in [5, 5.41) is 0. The summed E-state index contributed by atoms with van der Waals surface area (Å²) >= 11 is 10.4. The third-order valence-electron chi connectivity index (χ3n) is 11.7. The van der Waals surface area contributed by atoms with Gasteiger partial charge in [0.05, 0.1) is 8.95 Å². The topological polar surface area (TPSA) is 35.5 Å². The standard InChI is InChI=1S/C34H47Br3O3/c1-20(2)7-6-8-21(3)26-11-12-27-25-10-9-22-17-24(13-15-33(22,4)28(25)14-16-34(26,27)5)39-32(38)40-31-29(36)18-23(35)19-30(31)37/h9,18-21,24-28H,6-8,10-17H2,1-5H3/t21-,24+,25-,26-,27-,28-,33+,34-/m1/s1. The minimum Gasteiger partial charge on any atom is -0.430 e. The van der Waals surface area contributed by atoms with E-state index in [1.807, 2.05) is 12.1 Å². The minimum atomic E-state index is -0.625. The second kappa shape index (κ2) is 12.3. The van der Waals surface area contributed by atoms with Crippen molar-refractivity contribution >= 4 is 53.9 Å². The van der Waals surface area contributed by atoms with Gasteiger partial charge in [-0.1, -0.05) is 81.5 Å². The van der Waals surface area contributed by atoms with Crippen molar-refractivity contribution in [2.45, 2.75) is 111 Å². The molecule has 0 spiro atoms. The lowest BCUT2D eigenvalue weighted by Gasteiger charge is -2.58. The predicted octanol–water partition coefficient (Wildman–Crippen LogP) is 11.9. The minimum absolute atomic E-state index is 0.118. The fourth-order valence-corrected chi connectivity index (χ4v) is 12.0. The van der Waals surface area contributed by atoms with Crippen molar-refractivity contribution in [2.24, 2.45) is 46.3 Å². The number of rotatable bonds is 7. The molecule has 0 aliphatic heterocycles. The lowest BCUT2D eigenvalue weighted by molar-refractivity contribution is -0.0597. The fourth-order valence-electron chi connectivity index (χ4n) is 9.62. The quantitative estimate of drug-likeness (QED) is 0.158. The number of fused-ring (bicyclic) bond motifs is 5. The number of carbonyl (C=O) groups excluding carboxylic acids is 1. The Hall–Kier alpha value is -0.330. The van der Waals surface area contributed by atoms with E-state index in [4.69, 9.17) is 9.47 Å². The van der Waals surface area contributed by atoms with E-state index in [9.17, 15) is 4.79 Å². The van der Waals surface area contributed by atoms with Gasteiger partial charge in [-0.3, -0.25) is 0 Å². The van der Waals surface area contributed by atoms with Crippen LogP contribution in [0.2, 0.25) is 0 Å². The Bertz CT molecular complexity index is 1110. The van der Waals surface area contributed by atoms with Crippen LogP contribution in [-0.2, 0) is 4.74 Å². The van der Waals surface area contributed by atoms with Gasteiger partial charge in [-0.15, -0.1) is 0 Å². The molecular formula is C34H47Br3O3. The molecule has 4 aliphatic rings. The van der Waals surface area contributed by atoms with Gasteiger partial charge in [0.1, 0.15) is 6.10 Å². The van der Waals surface area contributed by atoms with Crippen LogP contribution in [0.3, 0.4) is 0 Å². The molecule has 1 aromatic carbocycles. The molecule has 3 nitrogen and oxygen atoms in total. The number of allylic oxidation sites excluding steroid dienone is 1. The first-order valence-electron chi connectivity index (χ1n) is 15.6. The van der Waals surface area contributed by atoms with E-state index >= 15 is 0 Å². The van der Waals surface area contributed by atoms with E-state index in [0.29, 0.717) is 20.1 Å². The van der Waals surface area contributed by atoms with Gasteiger partial charge in [0.2, 0.25) is 0 Å². The molecule has 0 N–H and O–H groups in total. The molecule has 3 saturated carbocycles. The van der Waals surface area contributed by atoms with Gasteiger partial charge in [0.15, 0.2) is 5.75 Å². The molecule has 8 atom stereocenters. The number of carbonyl (C=O) groups is 1. The molecule has 0 unspecified atom stereocenters. The third kappa shape index (κ3) is 6.03. The largest absolute Gasteiger partial charge is 0.514 e. The monoisotopic (exact) mass is 740 g/mol. The van der Waals surface area contributed by atoms with Crippen molar-refractivity contribution in [3.63, 3.8) is 0 Å². The molecule has 1 aromatic rings. The van der Waals surface area contributed by atoms with E-state index in [1.165, 1.54) is 56.9 Å².